The molecular weight excluding hydrogens is 513 g/mol. The lowest BCUT2D eigenvalue weighted by molar-refractivity contribution is -0.155. The number of carbonyl (C=O) groups is 2. The second-order valence-corrected chi connectivity index (χ2v) is 9.65. The third-order valence-corrected chi connectivity index (χ3v) is 6.48. The number of likely N-dealkylation sites (N-methyl/N-ethyl adjacent to an activating group) is 1. The maximum atomic E-state index is 13.2. The summed E-state index contributed by atoms with van der Waals surface area (Å²) >= 11 is 0. The van der Waals surface area contributed by atoms with Crippen LogP contribution in [-0.2, 0) is 9.59 Å². The molecule has 1 aromatic carbocycles. The van der Waals surface area contributed by atoms with Crippen molar-refractivity contribution in [3.63, 3.8) is 0 Å². The zero-order chi connectivity index (χ0) is 28.6. The molecule has 0 saturated heterocycles. The number of halogens is 3. The summed E-state index contributed by atoms with van der Waals surface area (Å²) < 4.78 is 51.0. The van der Waals surface area contributed by atoms with Gasteiger partial charge in [0.1, 0.15) is 11.8 Å². The van der Waals surface area contributed by atoms with E-state index in [1.54, 1.807) is 0 Å². The van der Waals surface area contributed by atoms with Crippen molar-refractivity contribution in [2.45, 2.75) is 70.1 Å². The SMILES string of the molecule is CCC(=O)CCCCC[C@H](NC(=O)C(CC(F)(F)F)N(C)C)c1ncc(-c2cc3ccccc3nc2OC)o1. The standard InChI is InChI=1S/C28H35F3N4O4/c1-5-19(36)12-7-6-8-14-22(33-25(37)23(35(2)3)16-28(29,30)31)27-32-17-24(39-27)20-15-18-11-9-10-13-21(18)34-26(20)38-4/h9-11,13,15,17,22-23H,5-8,12,14,16H2,1-4H3,(H,33,37)/t22-,23?/m0/s1. The number of oxazole rings is 1. The van der Waals surface area contributed by atoms with E-state index in [4.69, 9.17) is 9.15 Å². The number of carbonyl (C=O) groups excluding carboxylic acids is 2. The van der Waals surface area contributed by atoms with Gasteiger partial charge < -0.3 is 14.5 Å². The molecule has 0 aliphatic carbocycles. The molecule has 1 unspecified atom stereocenters. The van der Waals surface area contributed by atoms with Gasteiger partial charge in [0.25, 0.3) is 0 Å². The normalized spacial score (nSPS) is 13.4. The van der Waals surface area contributed by atoms with Crippen molar-refractivity contribution in [2.24, 2.45) is 0 Å². The zero-order valence-corrected chi connectivity index (χ0v) is 22.7. The minimum atomic E-state index is -4.51. The van der Waals surface area contributed by atoms with Gasteiger partial charge >= 0.3 is 6.18 Å². The predicted octanol–water partition coefficient (Wildman–Crippen LogP) is 5.87. The van der Waals surface area contributed by atoms with Crippen molar-refractivity contribution in [2.75, 3.05) is 21.2 Å². The molecule has 0 fully saturated rings. The molecule has 8 nitrogen and oxygen atoms in total. The highest BCUT2D eigenvalue weighted by Crippen LogP contribution is 2.34. The number of ketones is 1. The van der Waals surface area contributed by atoms with Gasteiger partial charge in [-0.2, -0.15) is 13.2 Å². The predicted molar refractivity (Wildman–Crippen MR) is 141 cm³/mol. The highest BCUT2D eigenvalue weighted by Gasteiger charge is 2.37. The summed E-state index contributed by atoms with van der Waals surface area (Å²) in [6, 6.07) is 7.19. The Morgan fingerprint density at radius 1 is 1.15 bits per heavy atom. The first-order valence-corrected chi connectivity index (χ1v) is 13.0. The summed E-state index contributed by atoms with van der Waals surface area (Å²) in [4.78, 5) is 34.7. The van der Waals surface area contributed by atoms with Gasteiger partial charge in [0.05, 0.1) is 36.8 Å². The van der Waals surface area contributed by atoms with Crippen LogP contribution in [0.15, 0.2) is 40.9 Å². The number of methoxy groups -OCH3 is 1. The molecule has 1 N–H and O–H groups in total. The summed E-state index contributed by atoms with van der Waals surface area (Å²) in [5, 5.41) is 3.58. The maximum Gasteiger partial charge on any atom is 0.391 e. The molecule has 2 aromatic heterocycles. The number of hydrogen-bond donors (Lipinski definition) is 1. The first-order chi connectivity index (χ1) is 18.5. The Bertz CT molecular complexity index is 1260. The summed E-state index contributed by atoms with van der Waals surface area (Å²) in [6.45, 7) is 1.82. The van der Waals surface area contributed by atoms with Crippen LogP contribution in [0.1, 0.15) is 63.8 Å². The van der Waals surface area contributed by atoms with Crippen molar-refractivity contribution in [1.29, 1.82) is 0 Å². The first-order valence-electron chi connectivity index (χ1n) is 13.0. The number of rotatable bonds is 14. The lowest BCUT2D eigenvalue weighted by Crippen LogP contribution is -2.47. The largest absolute Gasteiger partial charge is 0.480 e. The van der Waals surface area contributed by atoms with Crippen molar-refractivity contribution in [1.82, 2.24) is 20.2 Å². The molecule has 2 atom stereocenters. The number of benzene rings is 1. The van der Waals surface area contributed by atoms with Crippen molar-refractivity contribution >= 4 is 22.6 Å². The van der Waals surface area contributed by atoms with E-state index in [-0.39, 0.29) is 11.7 Å². The van der Waals surface area contributed by atoms with Gasteiger partial charge in [-0.05, 0) is 39.1 Å². The number of pyridine rings is 1. The molecule has 1 amide bonds. The fourth-order valence-electron chi connectivity index (χ4n) is 4.28. The minimum absolute atomic E-state index is 0.169. The number of para-hydroxylation sites is 1. The van der Waals surface area contributed by atoms with E-state index in [1.807, 2.05) is 37.3 Å². The van der Waals surface area contributed by atoms with E-state index in [1.165, 1.54) is 32.3 Å². The minimum Gasteiger partial charge on any atom is -0.480 e. The van der Waals surface area contributed by atoms with E-state index < -0.39 is 30.6 Å². The average molecular weight is 549 g/mol. The van der Waals surface area contributed by atoms with Gasteiger partial charge in [0.2, 0.25) is 17.7 Å². The summed E-state index contributed by atoms with van der Waals surface area (Å²) in [5.74, 6) is 0.259. The van der Waals surface area contributed by atoms with Gasteiger partial charge in [-0.3, -0.25) is 14.5 Å². The molecule has 0 saturated carbocycles. The molecule has 0 bridgehead atoms. The number of unbranched alkanes of at least 4 members (excludes halogenated alkanes) is 2. The summed E-state index contributed by atoms with van der Waals surface area (Å²) in [6.07, 6.45) is -0.945. The molecule has 11 heteroatoms. The maximum absolute atomic E-state index is 13.2. The highest BCUT2D eigenvalue weighted by atomic mass is 19.4. The molecule has 0 aliphatic heterocycles. The first kappa shape index (κ1) is 30.1. The van der Waals surface area contributed by atoms with Crippen molar-refractivity contribution in [3.05, 3.63) is 42.4 Å². The average Bonchev–Trinajstić information content (AvgIpc) is 3.39. The van der Waals surface area contributed by atoms with Gasteiger partial charge in [-0.25, -0.2) is 9.97 Å². The number of amides is 1. The third kappa shape index (κ3) is 8.51. The molecule has 212 valence electrons. The van der Waals surface area contributed by atoms with Gasteiger partial charge in [0, 0.05) is 18.2 Å². The van der Waals surface area contributed by atoms with Crippen molar-refractivity contribution < 1.29 is 31.9 Å². The van der Waals surface area contributed by atoms with E-state index in [0.717, 1.165) is 10.9 Å². The number of fused-ring (bicyclic) bond motifs is 1. The molecule has 0 radical (unpaired) electrons. The summed E-state index contributed by atoms with van der Waals surface area (Å²) in [7, 11) is 4.35. The number of aromatic nitrogens is 2. The summed E-state index contributed by atoms with van der Waals surface area (Å²) in [5.41, 5.74) is 1.30. The second kappa shape index (κ2) is 13.5. The number of nitrogens with zero attached hydrogens (tertiary/aromatic N) is 3. The van der Waals surface area contributed by atoms with Crippen LogP contribution in [0.4, 0.5) is 13.2 Å². The van der Waals surface area contributed by atoms with E-state index >= 15 is 0 Å². The van der Waals surface area contributed by atoms with Crippen LogP contribution in [0.5, 0.6) is 5.88 Å². The van der Waals surface area contributed by atoms with E-state index in [9.17, 15) is 22.8 Å². The molecule has 3 aromatic rings. The van der Waals surface area contributed by atoms with Crippen LogP contribution in [0.2, 0.25) is 0 Å². The molecule has 0 aliphatic rings. The van der Waals surface area contributed by atoms with Gasteiger partial charge in [-0.1, -0.05) is 38.0 Å². The quantitative estimate of drug-likeness (QED) is 0.252. The molecule has 2 heterocycles. The number of alkyl halides is 3. The monoisotopic (exact) mass is 548 g/mol. The Morgan fingerprint density at radius 2 is 1.90 bits per heavy atom. The second-order valence-electron chi connectivity index (χ2n) is 9.65. The fourth-order valence-corrected chi connectivity index (χ4v) is 4.28. The Morgan fingerprint density at radius 3 is 2.56 bits per heavy atom. The third-order valence-electron chi connectivity index (χ3n) is 6.48. The van der Waals surface area contributed by atoms with Crippen LogP contribution < -0.4 is 10.1 Å². The number of Topliss-reactive ketones (excluding diaryl/α,β-unsaturated/α-hetero) is 1. The van der Waals surface area contributed by atoms with Crippen LogP contribution in [0.25, 0.3) is 22.2 Å². The molecule has 39 heavy (non-hydrogen) atoms. The fraction of sp³-hybridized carbons (Fsp3) is 0.500. The molecule has 0 spiro atoms. The smallest absolute Gasteiger partial charge is 0.391 e. The lowest BCUT2D eigenvalue weighted by Gasteiger charge is -2.26. The Balaban J connectivity index is 1.85. The van der Waals surface area contributed by atoms with Crippen molar-refractivity contribution in [3.8, 4) is 17.2 Å². The topological polar surface area (TPSA) is 97.6 Å². The Hall–Kier alpha value is -3.47. The van der Waals surface area contributed by atoms with Crippen LogP contribution >= 0.6 is 0 Å². The number of ether oxygens (including phenoxy) is 1. The van der Waals surface area contributed by atoms with Crippen LogP contribution in [0.3, 0.4) is 0 Å². The number of nitrogens with one attached hydrogen (secondary N) is 1. The van der Waals surface area contributed by atoms with Gasteiger partial charge in [0.15, 0.2) is 5.76 Å². The van der Waals surface area contributed by atoms with E-state index in [2.05, 4.69) is 15.3 Å². The Kier molecular flexibility index (Phi) is 10.4. The highest BCUT2D eigenvalue weighted by molar-refractivity contribution is 5.85. The van der Waals surface area contributed by atoms with Gasteiger partial charge in [-0.15, -0.1) is 0 Å². The van der Waals surface area contributed by atoms with E-state index in [0.29, 0.717) is 55.7 Å². The zero-order valence-electron chi connectivity index (χ0n) is 22.7. The number of hydrogen-bond acceptors (Lipinski definition) is 7. The van der Waals surface area contributed by atoms with Crippen LogP contribution in [-0.4, -0.2) is 60.0 Å². The molecular formula is C28H35F3N4O4. The lowest BCUT2D eigenvalue weighted by atomic mass is 10.0. The Labute approximate surface area is 225 Å². The molecule has 3 rings (SSSR count). The van der Waals surface area contributed by atoms with Crippen LogP contribution in [0, 0.1) is 0 Å².